The molecule has 0 fully saturated rings. The van der Waals surface area contributed by atoms with E-state index < -0.39 is 5.97 Å². The fourth-order valence-electron chi connectivity index (χ4n) is 0. The monoisotopic (exact) mass is 273 g/mol. The molecule has 0 heterocycles. The third-order valence-corrected chi connectivity index (χ3v) is 0. The summed E-state index contributed by atoms with van der Waals surface area (Å²) in [5.74, 6) is -0.833. The van der Waals surface area contributed by atoms with E-state index in [-0.39, 0.29) is 55.0 Å². The normalized spacial score (nSPS) is 3.57. The second-order valence-electron chi connectivity index (χ2n) is 0.519. The van der Waals surface area contributed by atoms with Gasteiger partial charge in [-0.05, 0) is 0 Å². The zero-order valence-corrected chi connectivity index (χ0v) is 4.95. The molecule has 0 atom stereocenters. The average molecular weight is 273 g/mol. The van der Waals surface area contributed by atoms with E-state index in [1.54, 1.807) is 0 Å². The van der Waals surface area contributed by atoms with Gasteiger partial charge in [-0.25, -0.2) is 0 Å². The molecular weight excluding hydrogens is 265 g/mol. The summed E-state index contributed by atoms with van der Waals surface area (Å²) in [6.07, 6.45) is 0. The number of carboxylic acids is 1. The van der Waals surface area contributed by atoms with Gasteiger partial charge in [0.2, 0.25) is 0 Å². The van der Waals surface area contributed by atoms with Gasteiger partial charge in [0.1, 0.15) is 0 Å². The maximum absolute atomic E-state index is 9.00. The minimum atomic E-state index is -0.833. The van der Waals surface area contributed by atoms with E-state index in [9.17, 15) is 0 Å². The van der Waals surface area contributed by atoms with Crippen molar-refractivity contribution in [3.63, 3.8) is 0 Å². The van der Waals surface area contributed by atoms with Crippen molar-refractivity contribution in [1.82, 2.24) is 0 Å². The van der Waals surface area contributed by atoms with Crippen molar-refractivity contribution in [3.8, 4) is 0 Å². The van der Waals surface area contributed by atoms with Crippen LogP contribution in [-0.2, 0) is 21.6 Å². The quantitative estimate of drug-likeness (QED) is 0.635. The molecule has 0 unspecified atom stereocenters. The Morgan fingerprint density at radius 3 is 1.57 bits per heavy atom. The SMILES string of the molecule is CC(=O)O.Cl.[Co].[InH3]. The van der Waals surface area contributed by atoms with Crippen molar-refractivity contribution in [2.75, 3.05) is 0 Å². The molecule has 0 aromatic carbocycles. The van der Waals surface area contributed by atoms with E-state index in [1.165, 1.54) is 0 Å². The summed E-state index contributed by atoms with van der Waals surface area (Å²) in [6, 6.07) is 0. The number of aliphatic carboxylic acids is 1. The van der Waals surface area contributed by atoms with Gasteiger partial charge in [-0.15, -0.1) is 12.4 Å². The van der Waals surface area contributed by atoms with Gasteiger partial charge in [-0.2, -0.15) is 0 Å². The Morgan fingerprint density at radius 1 is 1.57 bits per heavy atom. The Hall–Kier alpha value is 1.14. The van der Waals surface area contributed by atoms with Crippen LogP contribution in [0.15, 0.2) is 0 Å². The zero-order valence-electron chi connectivity index (χ0n) is 3.10. The topological polar surface area (TPSA) is 37.3 Å². The van der Waals surface area contributed by atoms with Crippen LogP contribution in [0.4, 0.5) is 0 Å². The van der Waals surface area contributed by atoms with Crippen LogP contribution in [0.3, 0.4) is 0 Å². The molecule has 0 saturated carbocycles. The van der Waals surface area contributed by atoms with Gasteiger partial charge < -0.3 is 5.11 Å². The van der Waals surface area contributed by atoms with Crippen molar-refractivity contribution in [3.05, 3.63) is 0 Å². The Labute approximate surface area is 77.4 Å². The summed E-state index contributed by atoms with van der Waals surface area (Å²) in [4.78, 5) is 9.00. The van der Waals surface area contributed by atoms with Crippen LogP contribution >= 0.6 is 12.4 Å². The Kier molecular flexibility index (Phi) is 54.3. The van der Waals surface area contributed by atoms with Crippen LogP contribution < -0.4 is 0 Å². The Morgan fingerprint density at radius 2 is 1.57 bits per heavy atom. The Balaban J connectivity index is -0.0000000150. The molecule has 0 amide bonds. The fourth-order valence-corrected chi connectivity index (χ4v) is 0. The van der Waals surface area contributed by atoms with E-state index in [2.05, 4.69) is 0 Å². The summed E-state index contributed by atoms with van der Waals surface area (Å²) in [5.41, 5.74) is 0. The molecule has 47 valence electrons. The van der Waals surface area contributed by atoms with Crippen LogP contribution in [0, 0.1) is 0 Å². The van der Waals surface area contributed by atoms with Crippen molar-refractivity contribution in [2.24, 2.45) is 0 Å². The maximum atomic E-state index is 9.00. The number of rotatable bonds is 0. The molecule has 0 aliphatic heterocycles. The summed E-state index contributed by atoms with van der Waals surface area (Å²) in [5, 5.41) is 7.42. The first-order valence-corrected chi connectivity index (χ1v) is 0.928. The van der Waals surface area contributed by atoms with Crippen molar-refractivity contribution in [1.29, 1.82) is 0 Å². The number of carbonyl (C=O) groups is 1. The zero-order chi connectivity index (χ0) is 3.58. The third-order valence-electron chi connectivity index (χ3n) is 0. The minimum absolute atomic E-state index is 0. The molecule has 0 spiro atoms. The van der Waals surface area contributed by atoms with Gasteiger partial charge in [0.15, 0.2) is 0 Å². The molecule has 0 bridgehead atoms. The summed E-state index contributed by atoms with van der Waals surface area (Å²) in [6.45, 7) is 1.08. The first kappa shape index (κ1) is 24.2. The van der Waals surface area contributed by atoms with Gasteiger partial charge in [-0.3, -0.25) is 4.79 Å². The first-order chi connectivity index (χ1) is 1.73. The molecule has 0 aromatic heterocycles. The predicted molar refractivity (Wildman–Crippen MR) is 30.5 cm³/mol. The van der Waals surface area contributed by atoms with E-state index >= 15 is 0 Å². The van der Waals surface area contributed by atoms with E-state index in [0.717, 1.165) is 6.92 Å². The summed E-state index contributed by atoms with van der Waals surface area (Å²) >= 11 is 0. The van der Waals surface area contributed by atoms with Crippen molar-refractivity contribution in [2.45, 2.75) is 6.92 Å². The summed E-state index contributed by atoms with van der Waals surface area (Å²) < 4.78 is 0. The summed E-state index contributed by atoms with van der Waals surface area (Å²) in [7, 11) is 0. The Bertz CT molecular complexity index is 38.7. The van der Waals surface area contributed by atoms with Crippen molar-refractivity contribution < 1.29 is 26.7 Å². The second kappa shape index (κ2) is 15.7. The number of hydrogen-bond donors (Lipinski definition) is 1. The molecule has 0 rings (SSSR count). The van der Waals surface area contributed by atoms with Gasteiger partial charge in [0.05, 0.1) is 0 Å². The van der Waals surface area contributed by atoms with E-state index in [4.69, 9.17) is 9.90 Å². The molecule has 0 aliphatic carbocycles. The van der Waals surface area contributed by atoms with Crippen LogP contribution in [0.5, 0.6) is 0 Å². The van der Waals surface area contributed by atoms with E-state index in [0.29, 0.717) is 0 Å². The van der Waals surface area contributed by atoms with E-state index in [1.807, 2.05) is 0 Å². The van der Waals surface area contributed by atoms with Gasteiger partial charge in [-0.1, -0.05) is 0 Å². The molecule has 2 nitrogen and oxygen atoms in total. The van der Waals surface area contributed by atoms with Crippen LogP contribution in [0.25, 0.3) is 0 Å². The second-order valence-corrected chi connectivity index (χ2v) is 0.519. The molecule has 7 heavy (non-hydrogen) atoms. The van der Waals surface area contributed by atoms with Crippen molar-refractivity contribution >= 4 is 44.2 Å². The molecule has 0 aromatic rings. The number of hydrogen-bond acceptors (Lipinski definition) is 1. The number of carboxylic acid groups (broad SMARTS) is 1. The predicted octanol–water partition coefficient (Wildman–Crippen LogP) is -0.674. The average Bonchev–Trinajstić information content (AvgIpc) is 0.811. The van der Waals surface area contributed by atoms with Crippen LogP contribution in [-0.4, -0.2) is 36.9 Å². The molecule has 5 heteroatoms. The first-order valence-electron chi connectivity index (χ1n) is 0.928. The van der Waals surface area contributed by atoms with Gasteiger partial charge >= 0.3 is 25.8 Å². The van der Waals surface area contributed by atoms with Gasteiger partial charge in [0, 0.05) is 23.7 Å². The molecule has 1 N–H and O–H groups in total. The third kappa shape index (κ3) is 146. The molecular formula is C2H8ClCoInO2. The van der Waals surface area contributed by atoms with Crippen LogP contribution in [0.1, 0.15) is 6.92 Å². The fraction of sp³-hybridized carbons (Fsp3) is 0.500. The molecule has 0 aliphatic rings. The number of halogens is 1. The molecule has 1 radical (unpaired) electrons. The van der Waals surface area contributed by atoms with Crippen LogP contribution in [0.2, 0.25) is 0 Å². The standard InChI is InChI=1S/C2H4O2.ClH.Co.In.3H/c1-2(3)4;;;;;;/h1H3,(H,3,4);1H;;;;;. The molecule has 0 saturated heterocycles. The van der Waals surface area contributed by atoms with Gasteiger partial charge in [0.25, 0.3) is 5.97 Å².